The van der Waals surface area contributed by atoms with Gasteiger partial charge in [-0.1, -0.05) is 89.0 Å². The van der Waals surface area contributed by atoms with E-state index < -0.39 is 11.7 Å². The Morgan fingerprint density at radius 3 is 2.11 bits per heavy atom. The molecule has 28 heavy (non-hydrogen) atoms. The van der Waals surface area contributed by atoms with Crippen LogP contribution in [0.2, 0.25) is 0 Å². The smallest absolute Gasteiger partial charge is 0.309 e. The molecule has 1 rings (SSSR count). The number of esters is 1. The molecule has 0 aliphatic carbocycles. The molecular formula is C25H42O3. The number of aliphatic hydroxyl groups excluding tert-OH is 1. The molecule has 1 atom stereocenters. The van der Waals surface area contributed by atoms with Gasteiger partial charge in [-0.2, -0.15) is 0 Å². The van der Waals surface area contributed by atoms with Crippen molar-refractivity contribution in [2.45, 2.75) is 116 Å². The highest BCUT2D eigenvalue weighted by Gasteiger charge is 2.20. The van der Waals surface area contributed by atoms with Gasteiger partial charge in [-0.05, 0) is 44.7 Å². The Balaban J connectivity index is 2.25. The minimum Gasteiger partial charge on any atom is -0.460 e. The number of aliphatic hydroxyl groups is 1. The first kappa shape index (κ1) is 24.7. The topological polar surface area (TPSA) is 46.5 Å². The summed E-state index contributed by atoms with van der Waals surface area (Å²) in [6.45, 7) is 7.77. The second kappa shape index (κ2) is 13.8. The van der Waals surface area contributed by atoms with E-state index in [9.17, 15) is 9.90 Å². The van der Waals surface area contributed by atoms with Crippen molar-refractivity contribution >= 4 is 5.97 Å². The Hall–Kier alpha value is -1.35. The third-order valence-corrected chi connectivity index (χ3v) is 4.93. The van der Waals surface area contributed by atoms with Gasteiger partial charge in [0, 0.05) is 0 Å². The van der Waals surface area contributed by atoms with Crippen molar-refractivity contribution in [2.75, 3.05) is 0 Å². The van der Waals surface area contributed by atoms with E-state index in [-0.39, 0.29) is 12.4 Å². The zero-order chi connectivity index (χ0) is 20.8. The van der Waals surface area contributed by atoms with Crippen LogP contribution in [0, 0.1) is 0 Å². The van der Waals surface area contributed by atoms with Crippen molar-refractivity contribution in [3.8, 4) is 0 Å². The van der Waals surface area contributed by atoms with Gasteiger partial charge in [0.15, 0.2) is 0 Å². The monoisotopic (exact) mass is 390 g/mol. The third kappa shape index (κ3) is 12.2. The van der Waals surface area contributed by atoms with Gasteiger partial charge in [-0.25, -0.2) is 0 Å². The van der Waals surface area contributed by atoms with Crippen LogP contribution in [0.1, 0.15) is 116 Å². The highest BCUT2D eigenvalue weighted by Crippen LogP contribution is 2.21. The molecule has 0 radical (unpaired) electrons. The van der Waals surface area contributed by atoms with Gasteiger partial charge in [-0.3, -0.25) is 4.79 Å². The van der Waals surface area contributed by atoms with Crippen molar-refractivity contribution < 1.29 is 14.6 Å². The summed E-state index contributed by atoms with van der Waals surface area (Å²) < 4.78 is 5.30. The quantitative estimate of drug-likeness (QED) is 0.277. The normalized spacial score (nSPS) is 12.8. The molecule has 0 bridgehead atoms. The van der Waals surface area contributed by atoms with E-state index in [2.05, 4.69) is 13.0 Å². The van der Waals surface area contributed by atoms with E-state index in [1.807, 2.05) is 39.0 Å². The zero-order valence-corrected chi connectivity index (χ0v) is 18.6. The maximum atomic E-state index is 11.9. The Kier molecular flexibility index (Phi) is 12.1. The summed E-state index contributed by atoms with van der Waals surface area (Å²) >= 11 is 0. The molecule has 0 saturated carbocycles. The van der Waals surface area contributed by atoms with Crippen LogP contribution < -0.4 is 0 Å². The summed E-state index contributed by atoms with van der Waals surface area (Å²) in [7, 11) is 0. The van der Waals surface area contributed by atoms with E-state index in [0.29, 0.717) is 0 Å². The Morgan fingerprint density at radius 1 is 0.964 bits per heavy atom. The first-order valence-corrected chi connectivity index (χ1v) is 11.3. The van der Waals surface area contributed by atoms with Crippen LogP contribution in [0.3, 0.4) is 0 Å². The number of hydrogen-bond acceptors (Lipinski definition) is 3. The van der Waals surface area contributed by atoms with Gasteiger partial charge in [0.05, 0.1) is 12.5 Å². The van der Waals surface area contributed by atoms with Crippen LogP contribution >= 0.6 is 0 Å². The molecule has 0 aliphatic rings. The molecule has 0 fully saturated rings. The lowest BCUT2D eigenvalue weighted by molar-refractivity contribution is -0.157. The number of carbonyl (C=O) groups is 1. The molecule has 3 nitrogen and oxygen atoms in total. The first-order valence-electron chi connectivity index (χ1n) is 11.3. The van der Waals surface area contributed by atoms with Crippen LogP contribution in [0.5, 0.6) is 0 Å². The summed E-state index contributed by atoms with van der Waals surface area (Å²) in [5.41, 5.74) is 1.52. The van der Waals surface area contributed by atoms with E-state index >= 15 is 0 Å². The molecule has 0 aromatic heterocycles. The fraction of sp³-hybridized carbons (Fsp3) is 0.720. The van der Waals surface area contributed by atoms with Crippen molar-refractivity contribution in [1.29, 1.82) is 0 Å². The number of benzene rings is 1. The van der Waals surface area contributed by atoms with E-state index in [1.54, 1.807) is 0 Å². The fourth-order valence-electron chi connectivity index (χ4n) is 3.43. The van der Waals surface area contributed by atoms with Crippen molar-refractivity contribution in [3.05, 3.63) is 35.4 Å². The number of unbranched alkanes of at least 4 members (excludes halogenated alkanes) is 9. The SMILES string of the molecule is CCCCCCCCCCCCc1cccc([C@@H](O)CC(=O)OC(C)(C)C)c1. The molecule has 160 valence electrons. The summed E-state index contributed by atoms with van der Waals surface area (Å²) in [6.07, 6.45) is 13.6. The molecule has 0 heterocycles. The van der Waals surface area contributed by atoms with Crippen LogP contribution in [-0.4, -0.2) is 16.7 Å². The van der Waals surface area contributed by atoms with Gasteiger partial charge < -0.3 is 9.84 Å². The zero-order valence-electron chi connectivity index (χ0n) is 18.6. The average molecular weight is 391 g/mol. The minimum absolute atomic E-state index is 0.00101. The molecule has 1 N–H and O–H groups in total. The fourth-order valence-corrected chi connectivity index (χ4v) is 3.43. The predicted molar refractivity (Wildman–Crippen MR) is 117 cm³/mol. The second-order valence-corrected chi connectivity index (χ2v) is 8.98. The first-order chi connectivity index (χ1) is 13.3. The largest absolute Gasteiger partial charge is 0.460 e. The lowest BCUT2D eigenvalue weighted by Gasteiger charge is -2.20. The molecule has 3 heteroatoms. The van der Waals surface area contributed by atoms with E-state index in [1.165, 1.54) is 69.8 Å². The lowest BCUT2D eigenvalue weighted by Crippen LogP contribution is -2.24. The summed E-state index contributed by atoms with van der Waals surface area (Å²) in [6, 6.07) is 8.00. The molecule has 0 unspecified atom stereocenters. The van der Waals surface area contributed by atoms with Crippen molar-refractivity contribution in [2.24, 2.45) is 0 Å². The molecular weight excluding hydrogens is 348 g/mol. The van der Waals surface area contributed by atoms with E-state index in [0.717, 1.165) is 12.0 Å². The number of ether oxygens (including phenoxy) is 1. The summed E-state index contributed by atoms with van der Waals surface area (Å²) in [5.74, 6) is -0.361. The molecule has 0 aliphatic heterocycles. The average Bonchev–Trinajstić information content (AvgIpc) is 2.62. The summed E-state index contributed by atoms with van der Waals surface area (Å²) in [4.78, 5) is 11.9. The second-order valence-electron chi connectivity index (χ2n) is 8.98. The lowest BCUT2D eigenvalue weighted by atomic mass is 9.99. The van der Waals surface area contributed by atoms with Crippen LogP contribution in [0.25, 0.3) is 0 Å². The highest BCUT2D eigenvalue weighted by molar-refractivity contribution is 5.70. The number of rotatable bonds is 14. The highest BCUT2D eigenvalue weighted by atomic mass is 16.6. The maximum Gasteiger partial charge on any atom is 0.309 e. The molecule has 1 aromatic rings. The molecule has 0 saturated heterocycles. The van der Waals surface area contributed by atoms with Gasteiger partial charge in [-0.15, -0.1) is 0 Å². The number of hydrogen-bond donors (Lipinski definition) is 1. The van der Waals surface area contributed by atoms with Gasteiger partial charge in [0.25, 0.3) is 0 Å². The van der Waals surface area contributed by atoms with Crippen LogP contribution in [0.4, 0.5) is 0 Å². The molecule has 0 spiro atoms. The van der Waals surface area contributed by atoms with E-state index in [4.69, 9.17) is 4.74 Å². The van der Waals surface area contributed by atoms with Crippen molar-refractivity contribution in [1.82, 2.24) is 0 Å². The van der Waals surface area contributed by atoms with Gasteiger partial charge >= 0.3 is 5.97 Å². The summed E-state index contributed by atoms with van der Waals surface area (Å²) in [5, 5.41) is 10.4. The van der Waals surface area contributed by atoms with Crippen LogP contribution in [0.15, 0.2) is 24.3 Å². The Bertz CT molecular complexity index is 545. The standard InChI is InChI=1S/C25H42O3/c1-5-6-7-8-9-10-11-12-13-14-16-21-17-15-18-22(19-21)23(26)20-24(27)28-25(2,3)4/h15,17-19,23,26H,5-14,16,20H2,1-4H3/t23-/m0/s1. The van der Waals surface area contributed by atoms with Crippen LogP contribution in [-0.2, 0) is 16.0 Å². The predicted octanol–water partition coefficient (Wildman–Crippen LogP) is 6.92. The van der Waals surface area contributed by atoms with Crippen molar-refractivity contribution in [3.63, 3.8) is 0 Å². The van der Waals surface area contributed by atoms with Gasteiger partial charge in [0.1, 0.15) is 5.60 Å². The molecule has 1 aromatic carbocycles. The number of aryl methyl sites for hydroxylation is 1. The minimum atomic E-state index is -0.803. The van der Waals surface area contributed by atoms with Gasteiger partial charge in [0.2, 0.25) is 0 Å². The maximum absolute atomic E-state index is 11.9. The third-order valence-electron chi connectivity index (χ3n) is 4.93. The Morgan fingerprint density at radius 2 is 1.54 bits per heavy atom. The molecule has 0 amide bonds. The Labute approximate surface area is 172 Å². The number of carbonyl (C=O) groups excluding carboxylic acids is 1.